The fourth-order valence-electron chi connectivity index (χ4n) is 2.62. The van der Waals surface area contributed by atoms with Gasteiger partial charge in [0.05, 0.1) is 0 Å². The van der Waals surface area contributed by atoms with E-state index in [9.17, 15) is 0 Å². The summed E-state index contributed by atoms with van der Waals surface area (Å²) in [6.07, 6.45) is 3.33. The van der Waals surface area contributed by atoms with Gasteiger partial charge in [0.1, 0.15) is 0 Å². The van der Waals surface area contributed by atoms with E-state index in [2.05, 4.69) is 69.6 Å². The highest BCUT2D eigenvalue weighted by Gasteiger charge is 2.23. The Morgan fingerprint density at radius 1 is 1.11 bits per heavy atom. The Morgan fingerprint density at radius 3 is 2.28 bits per heavy atom. The van der Waals surface area contributed by atoms with Crippen molar-refractivity contribution in [2.75, 3.05) is 12.0 Å². The Labute approximate surface area is 117 Å². The van der Waals surface area contributed by atoms with Crippen molar-refractivity contribution in [3.8, 4) is 0 Å². The first-order valence-corrected chi connectivity index (χ1v) is 8.15. The number of thioether (sulfide) groups is 1. The summed E-state index contributed by atoms with van der Waals surface area (Å²) in [5.41, 5.74) is 1.66. The van der Waals surface area contributed by atoms with Gasteiger partial charge >= 0.3 is 0 Å². The molecule has 2 unspecified atom stereocenters. The zero-order valence-electron chi connectivity index (χ0n) is 12.4. The van der Waals surface area contributed by atoms with Gasteiger partial charge < -0.3 is 5.32 Å². The topological polar surface area (TPSA) is 12.0 Å². The summed E-state index contributed by atoms with van der Waals surface area (Å²) in [6, 6.07) is 11.9. The summed E-state index contributed by atoms with van der Waals surface area (Å²) >= 11 is 1.90. The number of benzene rings is 1. The minimum Gasteiger partial charge on any atom is -0.311 e. The third-order valence-electron chi connectivity index (χ3n) is 3.36. The Balaban J connectivity index is 2.55. The molecule has 1 nitrogen and oxygen atoms in total. The van der Waals surface area contributed by atoms with Gasteiger partial charge in [-0.3, -0.25) is 0 Å². The van der Waals surface area contributed by atoms with Crippen molar-refractivity contribution < 1.29 is 0 Å². The summed E-state index contributed by atoms with van der Waals surface area (Å²) in [6.45, 7) is 9.23. The fraction of sp³-hybridized carbons (Fsp3) is 0.625. The molecule has 0 radical (unpaired) electrons. The Morgan fingerprint density at radius 2 is 1.72 bits per heavy atom. The first kappa shape index (κ1) is 15.6. The second-order valence-corrected chi connectivity index (χ2v) is 6.79. The van der Waals surface area contributed by atoms with Crippen LogP contribution in [0.2, 0.25) is 0 Å². The third-order valence-corrected chi connectivity index (χ3v) is 4.19. The van der Waals surface area contributed by atoms with E-state index in [0.717, 1.165) is 6.42 Å². The highest BCUT2D eigenvalue weighted by atomic mass is 32.2. The van der Waals surface area contributed by atoms with E-state index in [1.54, 1.807) is 0 Å². The second kappa shape index (κ2) is 7.20. The molecule has 2 atom stereocenters. The van der Waals surface area contributed by atoms with Crippen molar-refractivity contribution in [1.82, 2.24) is 5.32 Å². The van der Waals surface area contributed by atoms with Gasteiger partial charge in [-0.15, -0.1) is 0 Å². The van der Waals surface area contributed by atoms with Gasteiger partial charge in [0.2, 0.25) is 0 Å². The third kappa shape index (κ3) is 5.03. The minimum absolute atomic E-state index is 0.229. The lowest BCUT2D eigenvalue weighted by atomic mass is 9.79. The van der Waals surface area contributed by atoms with Gasteiger partial charge in [0.25, 0.3) is 0 Å². The SMILES string of the molecule is CSCC(C)NC(C)CC(C)(C)c1ccccc1. The van der Waals surface area contributed by atoms with Gasteiger partial charge in [-0.05, 0) is 37.5 Å². The van der Waals surface area contributed by atoms with E-state index < -0.39 is 0 Å². The zero-order chi connectivity index (χ0) is 13.6. The van der Waals surface area contributed by atoms with Crippen LogP contribution < -0.4 is 5.32 Å². The maximum absolute atomic E-state index is 3.69. The molecule has 0 saturated heterocycles. The average molecular weight is 265 g/mol. The molecule has 18 heavy (non-hydrogen) atoms. The maximum atomic E-state index is 3.69. The maximum Gasteiger partial charge on any atom is 0.0132 e. The first-order chi connectivity index (χ1) is 8.45. The summed E-state index contributed by atoms with van der Waals surface area (Å²) < 4.78 is 0. The van der Waals surface area contributed by atoms with Gasteiger partial charge in [-0.25, -0.2) is 0 Å². The molecule has 0 aliphatic carbocycles. The standard InChI is InChI=1S/C16H27NS/c1-13(17-14(2)12-18-5)11-16(3,4)15-9-7-6-8-10-15/h6-10,13-14,17H,11-12H2,1-5H3. The summed E-state index contributed by atoms with van der Waals surface area (Å²) in [4.78, 5) is 0. The molecule has 0 amide bonds. The largest absolute Gasteiger partial charge is 0.311 e. The van der Waals surface area contributed by atoms with Crippen LogP contribution in [0, 0.1) is 0 Å². The molecule has 0 heterocycles. The molecular formula is C16H27NS. The number of hydrogen-bond donors (Lipinski definition) is 1. The van der Waals surface area contributed by atoms with Crippen molar-refractivity contribution >= 4 is 11.8 Å². The van der Waals surface area contributed by atoms with Crippen molar-refractivity contribution in [2.24, 2.45) is 0 Å². The van der Waals surface area contributed by atoms with Crippen molar-refractivity contribution in [3.05, 3.63) is 35.9 Å². The molecule has 0 saturated carbocycles. The summed E-state index contributed by atoms with van der Waals surface area (Å²) in [5, 5.41) is 3.69. The molecular weight excluding hydrogens is 238 g/mol. The van der Waals surface area contributed by atoms with Crippen LogP contribution in [0.5, 0.6) is 0 Å². The van der Waals surface area contributed by atoms with Crippen molar-refractivity contribution in [1.29, 1.82) is 0 Å². The molecule has 0 aliphatic rings. The van der Waals surface area contributed by atoms with Crippen molar-refractivity contribution in [3.63, 3.8) is 0 Å². The molecule has 0 fully saturated rings. The van der Waals surface area contributed by atoms with E-state index >= 15 is 0 Å². The van der Waals surface area contributed by atoms with Crippen LogP contribution in [0.1, 0.15) is 39.7 Å². The fourth-order valence-corrected chi connectivity index (χ4v) is 3.21. The van der Waals surface area contributed by atoms with Gasteiger partial charge in [0, 0.05) is 17.8 Å². The van der Waals surface area contributed by atoms with Gasteiger partial charge in [-0.2, -0.15) is 11.8 Å². The lowest BCUT2D eigenvalue weighted by molar-refractivity contribution is 0.372. The zero-order valence-corrected chi connectivity index (χ0v) is 13.2. The van der Waals surface area contributed by atoms with Crippen LogP contribution in [0.3, 0.4) is 0 Å². The highest BCUT2D eigenvalue weighted by Crippen LogP contribution is 2.28. The van der Waals surface area contributed by atoms with Crippen LogP contribution >= 0.6 is 11.8 Å². The lowest BCUT2D eigenvalue weighted by Crippen LogP contribution is -2.39. The number of rotatable bonds is 7. The molecule has 1 aromatic carbocycles. The van der Waals surface area contributed by atoms with Crippen molar-refractivity contribution in [2.45, 2.75) is 51.6 Å². The number of nitrogens with one attached hydrogen (secondary N) is 1. The van der Waals surface area contributed by atoms with Crippen LogP contribution in [-0.4, -0.2) is 24.1 Å². The van der Waals surface area contributed by atoms with Crippen LogP contribution in [0.25, 0.3) is 0 Å². The van der Waals surface area contributed by atoms with E-state index in [1.165, 1.54) is 11.3 Å². The van der Waals surface area contributed by atoms with E-state index in [-0.39, 0.29) is 5.41 Å². The first-order valence-electron chi connectivity index (χ1n) is 6.76. The smallest absolute Gasteiger partial charge is 0.0132 e. The average Bonchev–Trinajstić information content (AvgIpc) is 2.29. The molecule has 1 aromatic rings. The van der Waals surface area contributed by atoms with Crippen LogP contribution in [-0.2, 0) is 5.41 Å². The van der Waals surface area contributed by atoms with E-state index in [1.807, 2.05) is 11.8 Å². The normalized spacial score (nSPS) is 15.4. The van der Waals surface area contributed by atoms with Gasteiger partial charge in [0.15, 0.2) is 0 Å². The molecule has 0 aliphatic heterocycles. The molecule has 0 spiro atoms. The van der Waals surface area contributed by atoms with Crippen LogP contribution in [0.4, 0.5) is 0 Å². The Kier molecular flexibility index (Phi) is 6.24. The monoisotopic (exact) mass is 265 g/mol. The second-order valence-electron chi connectivity index (χ2n) is 5.88. The summed E-state index contributed by atoms with van der Waals surface area (Å²) in [7, 11) is 0. The van der Waals surface area contributed by atoms with Gasteiger partial charge in [-0.1, -0.05) is 44.2 Å². The summed E-state index contributed by atoms with van der Waals surface area (Å²) in [5.74, 6) is 1.18. The molecule has 2 heteroatoms. The predicted molar refractivity (Wildman–Crippen MR) is 84.5 cm³/mol. The molecule has 0 aromatic heterocycles. The molecule has 0 bridgehead atoms. The predicted octanol–water partition coefficient (Wildman–Crippen LogP) is 4.08. The Hall–Kier alpha value is -0.470. The molecule has 1 rings (SSSR count). The lowest BCUT2D eigenvalue weighted by Gasteiger charge is -2.30. The number of hydrogen-bond acceptors (Lipinski definition) is 2. The molecule has 102 valence electrons. The Bertz CT molecular complexity index is 334. The van der Waals surface area contributed by atoms with E-state index in [4.69, 9.17) is 0 Å². The van der Waals surface area contributed by atoms with E-state index in [0.29, 0.717) is 12.1 Å². The quantitative estimate of drug-likeness (QED) is 0.797. The minimum atomic E-state index is 0.229. The molecule has 1 N–H and O–H groups in total. The highest BCUT2D eigenvalue weighted by molar-refractivity contribution is 7.98. The van der Waals surface area contributed by atoms with Crippen LogP contribution in [0.15, 0.2) is 30.3 Å².